The number of nitrogens with zero attached hydrogens (tertiary/aromatic N) is 5. The standard InChI is InChI=1S/C20H23N5O/c1-14(2)16-7-5-15(6-8-16)13-25-11-3-4-18(25)20-24-23-19(26-20)17-12-21-9-10-22-17/h5-10,12,14,18H,3-4,11,13H2,1-2H3/t18-/m0/s1. The molecule has 0 aliphatic carbocycles. The second-order valence-corrected chi connectivity index (χ2v) is 7.06. The second kappa shape index (κ2) is 7.33. The summed E-state index contributed by atoms with van der Waals surface area (Å²) >= 11 is 0. The Kier molecular flexibility index (Phi) is 4.75. The zero-order valence-electron chi connectivity index (χ0n) is 15.2. The van der Waals surface area contributed by atoms with Crippen LogP contribution in [0.25, 0.3) is 11.6 Å². The molecule has 0 unspecified atom stereocenters. The molecule has 2 aromatic heterocycles. The van der Waals surface area contributed by atoms with E-state index in [-0.39, 0.29) is 6.04 Å². The van der Waals surface area contributed by atoms with Crippen molar-refractivity contribution in [2.75, 3.05) is 6.54 Å². The maximum Gasteiger partial charge on any atom is 0.267 e. The molecule has 6 heteroatoms. The van der Waals surface area contributed by atoms with Crippen LogP contribution in [-0.2, 0) is 6.54 Å². The number of aromatic nitrogens is 4. The van der Waals surface area contributed by atoms with Crippen molar-refractivity contribution in [1.82, 2.24) is 25.1 Å². The van der Waals surface area contributed by atoms with E-state index in [1.165, 1.54) is 11.1 Å². The van der Waals surface area contributed by atoms with Crippen molar-refractivity contribution in [2.24, 2.45) is 0 Å². The fourth-order valence-corrected chi connectivity index (χ4v) is 3.42. The molecule has 0 bridgehead atoms. The Morgan fingerprint density at radius 3 is 2.73 bits per heavy atom. The lowest BCUT2D eigenvalue weighted by atomic mass is 10.0. The number of rotatable bonds is 5. The van der Waals surface area contributed by atoms with Gasteiger partial charge in [-0.1, -0.05) is 38.1 Å². The lowest BCUT2D eigenvalue weighted by molar-refractivity contribution is 0.215. The van der Waals surface area contributed by atoms with Gasteiger partial charge in [0.1, 0.15) is 5.69 Å². The molecule has 0 saturated carbocycles. The lowest BCUT2D eigenvalue weighted by Gasteiger charge is -2.21. The van der Waals surface area contributed by atoms with Gasteiger partial charge in [0.15, 0.2) is 0 Å². The highest BCUT2D eigenvalue weighted by molar-refractivity contribution is 5.43. The predicted octanol–water partition coefficient (Wildman–Crippen LogP) is 3.99. The van der Waals surface area contributed by atoms with Crippen molar-refractivity contribution in [2.45, 2.75) is 45.2 Å². The molecule has 1 aliphatic heterocycles. The van der Waals surface area contributed by atoms with Crippen molar-refractivity contribution >= 4 is 0 Å². The van der Waals surface area contributed by atoms with E-state index >= 15 is 0 Å². The Bertz CT molecular complexity index is 844. The summed E-state index contributed by atoms with van der Waals surface area (Å²) < 4.78 is 5.91. The first-order chi connectivity index (χ1) is 12.7. The van der Waals surface area contributed by atoms with E-state index in [0.29, 0.717) is 23.4 Å². The molecule has 0 spiro atoms. The Labute approximate surface area is 153 Å². The fourth-order valence-electron chi connectivity index (χ4n) is 3.42. The summed E-state index contributed by atoms with van der Waals surface area (Å²) in [7, 11) is 0. The Morgan fingerprint density at radius 1 is 1.15 bits per heavy atom. The van der Waals surface area contributed by atoms with Crippen molar-refractivity contribution in [3.63, 3.8) is 0 Å². The van der Waals surface area contributed by atoms with Crippen LogP contribution in [0.1, 0.15) is 55.7 Å². The monoisotopic (exact) mass is 349 g/mol. The smallest absolute Gasteiger partial charge is 0.267 e. The normalized spacial score (nSPS) is 17.9. The highest BCUT2D eigenvalue weighted by Crippen LogP contribution is 2.33. The Hall–Kier alpha value is -2.60. The van der Waals surface area contributed by atoms with Crippen LogP contribution in [0.15, 0.2) is 47.3 Å². The quantitative estimate of drug-likeness (QED) is 0.694. The maximum absolute atomic E-state index is 5.91. The second-order valence-electron chi connectivity index (χ2n) is 7.06. The number of hydrogen-bond acceptors (Lipinski definition) is 6. The van der Waals surface area contributed by atoms with E-state index in [0.717, 1.165) is 25.9 Å². The van der Waals surface area contributed by atoms with Gasteiger partial charge >= 0.3 is 0 Å². The summed E-state index contributed by atoms with van der Waals surface area (Å²) in [5.41, 5.74) is 3.30. The molecule has 1 atom stereocenters. The number of hydrogen-bond donors (Lipinski definition) is 0. The largest absolute Gasteiger partial charge is 0.417 e. The zero-order valence-corrected chi connectivity index (χ0v) is 15.2. The summed E-state index contributed by atoms with van der Waals surface area (Å²) in [4.78, 5) is 10.7. The number of likely N-dealkylation sites (tertiary alicyclic amines) is 1. The molecule has 1 fully saturated rings. The molecule has 0 amide bonds. The minimum absolute atomic E-state index is 0.165. The average Bonchev–Trinajstić information content (AvgIpc) is 3.32. The van der Waals surface area contributed by atoms with Crippen molar-refractivity contribution in [3.05, 3.63) is 59.9 Å². The van der Waals surface area contributed by atoms with Crippen molar-refractivity contribution in [3.8, 4) is 11.6 Å². The van der Waals surface area contributed by atoms with Gasteiger partial charge in [-0.2, -0.15) is 0 Å². The molecule has 1 saturated heterocycles. The van der Waals surface area contributed by atoms with Gasteiger partial charge in [-0.3, -0.25) is 9.88 Å². The Balaban J connectivity index is 1.49. The minimum Gasteiger partial charge on any atom is -0.417 e. The van der Waals surface area contributed by atoms with Gasteiger partial charge in [0.2, 0.25) is 5.89 Å². The van der Waals surface area contributed by atoms with Gasteiger partial charge in [0.25, 0.3) is 5.89 Å². The van der Waals surface area contributed by atoms with E-state index in [4.69, 9.17) is 4.42 Å². The van der Waals surface area contributed by atoms with E-state index in [2.05, 4.69) is 63.2 Å². The van der Waals surface area contributed by atoms with Gasteiger partial charge < -0.3 is 4.42 Å². The van der Waals surface area contributed by atoms with E-state index < -0.39 is 0 Å². The molecular formula is C20H23N5O. The van der Waals surface area contributed by atoms with E-state index in [9.17, 15) is 0 Å². The van der Waals surface area contributed by atoms with Crippen LogP contribution in [0.5, 0.6) is 0 Å². The summed E-state index contributed by atoms with van der Waals surface area (Å²) in [6, 6.07) is 9.07. The molecule has 3 aromatic rings. The maximum atomic E-state index is 5.91. The van der Waals surface area contributed by atoms with Gasteiger partial charge in [-0.05, 0) is 36.4 Å². The van der Waals surface area contributed by atoms with E-state index in [1.54, 1.807) is 18.6 Å². The van der Waals surface area contributed by atoms with Gasteiger partial charge in [0, 0.05) is 18.9 Å². The van der Waals surface area contributed by atoms with Crippen LogP contribution in [0.3, 0.4) is 0 Å². The first kappa shape index (κ1) is 16.8. The third-order valence-corrected chi connectivity index (χ3v) is 4.90. The first-order valence-corrected chi connectivity index (χ1v) is 9.13. The van der Waals surface area contributed by atoms with Gasteiger partial charge in [-0.15, -0.1) is 10.2 Å². The molecular weight excluding hydrogens is 326 g/mol. The fraction of sp³-hybridized carbons (Fsp3) is 0.400. The summed E-state index contributed by atoms with van der Waals surface area (Å²) in [6.07, 6.45) is 7.07. The van der Waals surface area contributed by atoms with Crippen LogP contribution in [-0.4, -0.2) is 31.6 Å². The van der Waals surface area contributed by atoms with Crippen LogP contribution < -0.4 is 0 Å². The summed E-state index contributed by atoms with van der Waals surface area (Å²) in [5, 5.41) is 8.44. The number of benzene rings is 1. The van der Waals surface area contributed by atoms with Gasteiger partial charge in [-0.25, -0.2) is 4.98 Å². The van der Waals surface area contributed by atoms with Crippen LogP contribution in [0, 0.1) is 0 Å². The summed E-state index contributed by atoms with van der Waals surface area (Å²) in [6.45, 7) is 6.37. The van der Waals surface area contributed by atoms with Gasteiger partial charge in [0.05, 0.1) is 12.2 Å². The van der Waals surface area contributed by atoms with Crippen molar-refractivity contribution < 1.29 is 4.42 Å². The first-order valence-electron chi connectivity index (χ1n) is 9.13. The Morgan fingerprint density at radius 2 is 2.00 bits per heavy atom. The van der Waals surface area contributed by atoms with Crippen LogP contribution in [0.2, 0.25) is 0 Å². The molecule has 134 valence electrons. The average molecular weight is 349 g/mol. The third-order valence-electron chi connectivity index (χ3n) is 4.90. The molecule has 0 radical (unpaired) electrons. The zero-order chi connectivity index (χ0) is 17.9. The summed E-state index contributed by atoms with van der Waals surface area (Å²) in [5.74, 6) is 1.66. The third kappa shape index (κ3) is 3.51. The van der Waals surface area contributed by atoms with E-state index in [1.807, 2.05) is 0 Å². The molecule has 6 nitrogen and oxygen atoms in total. The van der Waals surface area contributed by atoms with Crippen LogP contribution >= 0.6 is 0 Å². The molecule has 0 N–H and O–H groups in total. The molecule has 1 aliphatic rings. The van der Waals surface area contributed by atoms with Crippen molar-refractivity contribution in [1.29, 1.82) is 0 Å². The lowest BCUT2D eigenvalue weighted by Crippen LogP contribution is -2.23. The SMILES string of the molecule is CC(C)c1ccc(CN2CCC[C@H]2c2nnc(-c3cnccn3)o2)cc1. The highest BCUT2D eigenvalue weighted by atomic mass is 16.4. The topological polar surface area (TPSA) is 67.9 Å². The molecule has 26 heavy (non-hydrogen) atoms. The molecule has 1 aromatic carbocycles. The molecule has 4 rings (SSSR count). The van der Waals surface area contributed by atoms with Crippen LogP contribution in [0.4, 0.5) is 0 Å². The minimum atomic E-state index is 0.165. The molecule has 3 heterocycles. The highest BCUT2D eigenvalue weighted by Gasteiger charge is 2.30. The predicted molar refractivity (Wildman–Crippen MR) is 98.2 cm³/mol.